The maximum Gasteiger partial charge on any atom is 0.128 e. The molecule has 0 aliphatic heterocycles. The van der Waals surface area contributed by atoms with Gasteiger partial charge in [0.15, 0.2) is 0 Å². The van der Waals surface area contributed by atoms with Crippen LogP contribution in [0.2, 0.25) is 0 Å². The van der Waals surface area contributed by atoms with Crippen molar-refractivity contribution in [2.45, 2.75) is 37.1 Å². The monoisotopic (exact) mass is 326 g/mol. The summed E-state index contributed by atoms with van der Waals surface area (Å²) in [6.45, 7) is 0. The van der Waals surface area contributed by atoms with Crippen molar-refractivity contribution in [3.05, 3.63) is 52.7 Å². The summed E-state index contributed by atoms with van der Waals surface area (Å²) in [7, 11) is 0. The van der Waals surface area contributed by atoms with E-state index in [1.807, 2.05) is 23.1 Å². The third-order valence-corrected chi connectivity index (χ3v) is 6.38. The lowest BCUT2D eigenvalue weighted by atomic mass is 9.97. The van der Waals surface area contributed by atoms with Gasteiger partial charge in [-0.1, -0.05) is 30.3 Å². The molecule has 0 unspecified atom stereocenters. The maximum absolute atomic E-state index is 4.58. The van der Waals surface area contributed by atoms with E-state index in [4.69, 9.17) is 0 Å². The predicted octanol–water partition coefficient (Wildman–Crippen LogP) is 4.90. The molecule has 22 heavy (non-hydrogen) atoms. The molecule has 0 amide bonds. The van der Waals surface area contributed by atoms with E-state index >= 15 is 0 Å². The number of hydrogen-bond acceptors (Lipinski definition) is 4. The summed E-state index contributed by atoms with van der Waals surface area (Å²) >= 11 is 3.76. The molecule has 0 fully saturated rings. The molecule has 4 rings (SSSR count). The summed E-state index contributed by atoms with van der Waals surface area (Å²) in [6, 6.07) is 10.7. The highest BCUT2D eigenvalue weighted by atomic mass is 32.2. The van der Waals surface area contributed by atoms with E-state index in [-0.39, 0.29) is 0 Å². The molecule has 1 aliphatic rings. The van der Waals surface area contributed by atoms with Crippen LogP contribution in [-0.4, -0.2) is 15.7 Å². The fourth-order valence-electron chi connectivity index (χ4n) is 3.08. The Bertz CT molecular complexity index is 780. The van der Waals surface area contributed by atoms with Crippen molar-refractivity contribution in [3.63, 3.8) is 0 Å². The zero-order valence-corrected chi connectivity index (χ0v) is 14.1. The average molecular weight is 326 g/mol. The molecular weight excluding hydrogens is 308 g/mol. The van der Waals surface area contributed by atoms with Crippen molar-refractivity contribution in [1.82, 2.24) is 9.97 Å². The Balaban J connectivity index is 1.57. The van der Waals surface area contributed by atoms with E-state index in [1.165, 1.54) is 52.1 Å². The Morgan fingerprint density at radius 3 is 2.82 bits per heavy atom. The molecule has 0 saturated carbocycles. The Morgan fingerprint density at radius 2 is 1.91 bits per heavy atom. The van der Waals surface area contributed by atoms with Crippen LogP contribution in [-0.2, 0) is 19.3 Å². The van der Waals surface area contributed by atoms with Gasteiger partial charge in [0, 0.05) is 16.0 Å². The molecule has 4 heteroatoms. The number of rotatable bonds is 4. The van der Waals surface area contributed by atoms with Gasteiger partial charge in [-0.05, 0) is 43.2 Å². The second-order valence-electron chi connectivity index (χ2n) is 5.65. The highest BCUT2D eigenvalue weighted by Crippen LogP contribution is 2.39. The first kappa shape index (κ1) is 14.2. The summed E-state index contributed by atoms with van der Waals surface area (Å²) in [5.74, 6) is 1.07. The highest BCUT2D eigenvalue weighted by molar-refractivity contribution is 7.99. The third-order valence-electron chi connectivity index (χ3n) is 4.19. The molecular formula is C18H18N2S2. The molecule has 3 aromatic rings. The molecule has 2 nitrogen and oxygen atoms in total. The lowest BCUT2D eigenvalue weighted by Crippen LogP contribution is -1.99. The molecule has 112 valence electrons. The molecule has 0 spiro atoms. The van der Waals surface area contributed by atoms with Crippen LogP contribution in [0.25, 0.3) is 10.2 Å². The molecule has 0 N–H and O–H groups in total. The number of hydrogen-bond donors (Lipinski definition) is 0. The molecule has 0 atom stereocenters. The molecule has 0 bridgehead atoms. The summed E-state index contributed by atoms with van der Waals surface area (Å²) in [6.07, 6.45) is 7.88. The van der Waals surface area contributed by atoms with Crippen molar-refractivity contribution >= 4 is 33.3 Å². The minimum atomic E-state index is 1.07. The highest BCUT2D eigenvalue weighted by Gasteiger charge is 2.19. The van der Waals surface area contributed by atoms with Crippen LogP contribution < -0.4 is 0 Å². The van der Waals surface area contributed by atoms with Gasteiger partial charge < -0.3 is 0 Å². The van der Waals surface area contributed by atoms with E-state index in [2.05, 4.69) is 40.3 Å². The van der Waals surface area contributed by atoms with E-state index in [0.29, 0.717) is 0 Å². The van der Waals surface area contributed by atoms with Gasteiger partial charge in [-0.25, -0.2) is 9.97 Å². The van der Waals surface area contributed by atoms with Gasteiger partial charge in [-0.3, -0.25) is 0 Å². The van der Waals surface area contributed by atoms with Crippen molar-refractivity contribution in [2.24, 2.45) is 0 Å². The van der Waals surface area contributed by atoms with Crippen LogP contribution in [0.3, 0.4) is 0 Å². The fraction of sp³-hybridized carbons (Fsp3) is 0.333. The molecule has 1 aromatic carbocycles. The number of thiophene rings is 1. The van der Waals surface area contributed by atoms with Crippen LogP contribution in [0, 0.1) is 0 Å². The zero-order valence-electron chi connectivity index (χ0n) is 12.4. The van der Waals surface area contributed by atoms with Gasteiger partial charge in [0.25, 0.3) is 0 Å². The van der Waals surface area contributed by atoms with Gasteiger partial charge >= 0.3 is 0 Å². The minimum absolute atomic E-state index is 1.07. The van der Waals surface area contributed by atoms with Crippen molar-refractivity contribution in [3.8, 4) is 0 Å². The minimum Gasteiger partial charge on any atom is -0.229 e. The van der Waals surface area contributed by atoms with E-state index < -0.39 is 0 Å². The number of benzene rings is 1. The number of thioether (sulfide) groups is 1. The topological polar surface area (TPSA) is 25.8 Å². The fourth-order valence-corrected chi connectivity index (χ4v) is 5.39. The van der Waals surface area contributed by atoms with Crippen LogP contribution in [0.4, 0.5) is 0 Å². The molecule has 1 aliphatic carbocycles. The zero-order chi connectivity index (χ0) is 14.8. The summed E-state index contributed by atoms with van der Waals surface area (Å²) in [5.41, 5.74) is 2.93. The second kappa shape index (κ2) is 6.39. The Morgan fingerprint density at radius 1 is 1.05 bits per heavy atom. The molecule has 2 heterocycles. The van der Waals surface area contributed by atoms with Gasteiger partial charge in [0.05, 0.1) is 0 Å². The summed E-state index contributed by atoms with van der Waals surface area (Å²) in [4.78, 5) is 11.8. The number of nitrogens with zero attached hydrogens (tertiary/aromatic N) is 2. The van der Waals surface area contributed by atoms with E-state index in [1.54, 1.807) is 11.2 Å². The first-order valence-electron chi connectivity index (χ1n) is 7.84. The Labute approximate surface area is 139 Å². The van der Waals surface area contributed by atoms with Gasteiger partial charge in [0.2, 0.25) is 0 Å². The second-order valence-corrected chi connectivity index (χ2v) is 7.82. The van der Waals surface area contributed by atoms with Crippen LogP contribution in [0.15, 0.2) is 41.7 Å². The van der Waals surface area contributed by atoms with Gasteiger partial charge in [-0.2, -0.15) is 0 Å². The standard InChI is InChI=1S/C18H18N2S2/c1-2-6-13(7-3-1)10-11-21-17-16-14-8-4-5-9-15(14)22-18(16)20-12-19-17/h1-3,6-7,12H,4-5,8-11H2. The predicted molar refractivity (Wildman–Crippen MR) is 94.9 cm³/mol. The lowest BCUT2D eigenvalue weighted by Gasteiger charge is -2.11. The van der Waals surface area contributed by atoms with Crippen LogP contribution >= 0.6 is 23.1 Å². The summed E-state index contributed by atoms with van der Waals surface area (Å²) in [5, 5.41) is 2.53. The molecule has 0 saturated heterocycles. The van der Waals surface area contributed by atoms with E-state index in [0.717, 1.165) is 12.2 Å². The Kier molecular flexibility index (Phi) is 4.13. The van der Waals surface area contributed by atoms with Crippen LogP contribution in [0.1, 0.15) is 28.8 Å². The van der Waals surface area contributed by atoms with Crippen molar-refractivity contribution in [2.75, 3.05) is 5.75 Å². The average Bonchev–Trinajstić information content (AvgIpc) is 2.95. The number of fused-ring (bicyclic) bond motifs is 3. The van der Waals surface area contributed by atoms with Crippen molar-refractivity contribution in [1.29, 1.82) is 0 Å². The largest absolute Gasteiger partial charge is 0.229 e. The molecule has 2 aromatic heterocycles. The summed E-state index contributed by atoms with van der Waals surface area (Å²) < 4.78 is 0. The SMILES string of the molecule is c1ccc(CCSc2ncnc3sc4c(c23)CCCC4)cc1. The van der Waals surface area contributed by atoms with Crippen molar-refractivity contribution < 1.29 is 0 Å². The third kappa shape index (κ3) is 2.77. The number of aromatic nitrogens is 2. The smallest absolute Gasteiger partial charge is 0.128 e. The van der Waals surface area contributed by atoms with Gasteiger partial charge in [-0.15, -0.1) is 23.1 Å². The molecule has 0 radical (unpaired) electrons. The Hall–Kier alpha value is -1.39. The lowest BCUT2D eigenvalue weighted by molar-refractivity contribution is 0.699. The normalized spacial score (nSPS) is 14.2. The maximum atomic E-state index is 4.58. The van der Waals surface area contributed by atoms with E-state index in [9.17, 15) is 0 Å². The first-order valence-corrected chi connectivity index (χ1v) is 9.64. The van der Waals surface area contributed by atoms with Crippen LogP contribution in [0.5, 0.6) is 0 Å². The first-order chi connectivity index (χ1) is 10.9. The quantitative estimate of drug-likeness (QED) is 0.503. The van der Waals surface area contributed by atoms with Gasteiger partial charge in [0.1, 0.15) is 16.2 Å². The number of aryl methyl sites for hydroxylation is 3.